The van der Waals surface area contributed by atoms with Crippen molar-refractivity contribution in [1.29, 1.82) is 0 Å². The van der Waals surface area contributed by atoms with E-state index in [1.807, 2.05) is 0 Å². The lowest BCUT2D eigenvalue weighted by Crippen LogP contribution is -2.29. The highest BCUT2D eigenvalue weighted by molar-refractivity contribution is 5.93. The number of nitrogens with two attached hydrogens (primary N) is 1. The molecule has 1 aromatic heterocycles. The van der Waals surface area contributed by atoms with Crippen molar-refractivity contribution in [2.45, 2.75) is 19.8 Å². The lowest BCUT2D eigenvalue weighted by atomic mass is 10.0. The van der Waals surface area contributed by atoms with E-state index in [2.05, 4.69) is 12.2 Å². The van der Waals surface area contributed by atoms with Gasteiger partial charge in [-0.25, -0.2) is 0 Å². The Hall–Kier alpha value is -1.29. The van der Waals surface area contributed by atoms with Gasteiger partial charge >= 0.3 is 0 Å². The fourth-order valence-electron chi connectivity index (χ4n) is 1.42. The molecule has 0 aliphatic carbocycles. The molecule has 15 heavy (non-hydrogen) atoms. The van der Waals surface area contributed by atoms with Crippen molar-refractivity contribution in [3.05, 3.63) is 24.2 Å². The summed E-state index contributed by atoms with van der Waals surface area (Å²) in [5, 5.41) is 2.87. The SMILES string of the molecule is CCC(CCN)CNC(=O)c1ccoc1. The molecule has 0 saturated carbocycles. The quantitative estimate of drug-likeness (QED) is 0.745. The zero-order valence-corrected chi connectivity index (χ0v) is 9.03. The second kappa shape index (κ2) is 6.24. The van der Waals surface area contributed by atoms with E-state index in [9.17, 15) is 4.79 Å². The van der Waals surface area contributed by atoms with E-state index in [-0.39, 0.29) is 5.91 Å². The molecule has 0 spiro atoms. The predicted octanol–water partition coefficient (Wildman–Crippen LogP) is 1.38. The summed E-state index contributed by atoms with van der Waals surface area (Å²) in [6, 6.07) is 1.65. The molecule has 1 rings (SSSR count). The molecule has 0 aliphatic rings. The molecular weight excluding hydrogens is 192 g/mol. The minimum absolute atomic E-state index is 0.0841. The number of carbonyl (C=O) groups excluding carboxylic acids is 1. The van der Waals surface area contributed by atoms with Crippen LogP contribution in [0.3, 0.4) is 0 Å². The largest absolute Gasteiger partial charge is 0.472 e. The number of amides is 1. The first-order valence-corrected chi connectivity index (χ1v) is 5.28. The van der Waals surface area contributed by atoms with Crippen LogP contribution in [-0.4, -0.2) is 19.0 Å². The van der Waals surface area contributed by atoms with Crippen molar-refractivity contribution in [2.24, 2.45) is 11.7 Å². The molecule has 1 heterocycles. The topological polar surface area (TPSA) is 68.3 Å². The minimum atomic E-state index is -0.0841. The summed E-state index contributed by atoms with van der Waals surface area (Å²) in [6.45, 7) is 3.45. The Labute approximate surface area is 89.8 Å². The van der Waals surface area contributed by atoms with Crippen molar-refractivity contribution in [3.8, 4) is 0 Å². The van der Waals surface area contributed by atoms with Crippen molar-refractivity contribution in [1.82, 2.24) is 5.32 Å². The Morgan fingerprint density at radius 2 is 2.47 bits per heavy atom. The Morgan fingerprint density at radius 1 is 1.67 bits per heavy atom. The highest BCUT2D eigenvalue weighted by Crippen LogP contribution is 2.06. The van der Waals surface area contributed by atoms with Crippen LogP contribution in [0.1, 0.15) is 30.1 Å². The van der Waals surface area contributed by atoms with Gasteiger partial charge in [-0.2, -0.15) is 0 Å². The third-order valence-electron chi connectivity index (χ3n) is 2.49. The lowest BCUT2D eigenvalue weighted by Gasteiger charge is -2.13. The summed E-state index contributed by atoms with van der Waals surface area (Å²) >= 11 is 0. The molecule has 3 N–H and O–H groups in total. The van der Waals surface area contributed by atoms with E-state index < -0.39 is 0 Å². The standard InChI is InChI=1S/C11H18N2O2/c1-2-9(3-5-12)7-13-11(14)10-4-6-15-8-10/h4,6,8-9H,2-3,5,7,12H2,1H3,(H,13,14). The maximum absolute atomic E-state index is 11.5. The molecule has 1 atom stereocenters. The number of furan rings is 1. The van der Waals surface area contributed by atoms with Crippen LogP contribution in [0, 0.1) is 5.92 Å². The number of nitrogens with one attached hydrogen (secondary N) is 1. The van der Waals surface area contributed by atoms with Crippen LogP contribution in [0.5, 0.6) is 0 Å². The average molecular weight is 210 g/mol. The van der Waals surface area contributed by atoms with E-state index in [4.69, 9.17) is 10.2 Å². The van der Waals surface area contributed by atoms with Crippen LogP contribution in [0.15, 0.2) is 23.0 Å². The zero-order valence-electron chi connectivity index (χ0n) is 9.03. The Bertz CT molecular complexity index is 283. The first-order chi connectivity index (χ1) is 7.27. The molecule has 0 radical (unpaired) electrons. The Kier molecular flexibility index (Phi) is 4.90. The Balaban J connectivity index is 2.33. The monoisotopic (exact) mass is 210 g/mol. The molecule has 0 aliphatic heterocycles. The van der Waals surface area contributed by atoms with Gasteiger partial charge in [-0.3, -0.25) is 4.79 Å². The average Bonchev–Trinajstić information content (AvgIpc) is 2.77. The molecule has 1 amide bonds. The first kappa shape index (κ1) is 11.8. The molecule has 0 saturated heterocycles. The molecule has 1 aromatic rings. The normalized spacial score (nSPS) is 12.4. The number of carbonyl (C=O) groups is 1. The van der Waals surface area contributed by atoms with Crippen LogP contribution >= 0.6 is 0 Å². The summed E-state index contributed by atoms with van der Waals surface area (Å²) in [4.78, 5) is 11.5. The van der Waals surface area contributed by atoms with Gasteiger partial charge in [0.25, 0.3) is 5.91 Å². The molecule has 0 bridgehead atoms. The van der Waals surface area contributed by atoms with E-state index in [0.717, 1.165) is 12.8 Å². The van der Waals surface area contributed by atoms with Crippen molar-refractivity contribution in [3.63, 3.8) is 0 Å². The number of hydrogen-bond donors (Lipinski definition) is 2. The number of hydrogen-bond acceptors (Lipinski definition) is 3. The lowest BCUT2D eigenvalue weighted by molar-refractivity contribution is 0.0945. The van der Waals surface area contributed by atoms with Crippen LogP contribution < -0.4 is 11.1 Å². The molecule has 84 valence electrons. The van der Waals surface area contributed by atoms with Gasteiger partial charge in [0.15, 0.2) is 0 Å². The van der Waals surface area contributed by atoms with Crippen LogP contribution in [0.4, 0.5) is 0 Å². The smallest absolute Gasteiger partial charge is 0.254 e. The second-order valence-electron chi connectivity index (χ2n) is 3.57. The highest BCUT2D eigenvalue weighted by Gasteiger charge is 2.09. The molecular formula is C11H18N2O2. The van der Waals surface area contributed by atoms with E-state index >= 15 is 0 Å². The van der Waals surface area contributed by atoms with Crippen molar-refractivity contribution < 1.29 is 9.21 Å². The summed E-state index contributed by atoms with van der Waals surface area (Å²) in [6.07, 6.45) is 4.91. The van der Waals surface area contributed by atoms with E-state index in [1.165, 1.54) is 12.5 Å². The van der Waals surface area contributed by atoms with Gasteiger partial charge in [-0.15, -0.1) is 0 Å². The summed E-state index contributed by atoms with van der Waals surface area (Å²) in [7, 11) is 0. The van der Waals surface area contributed by atoms with Crippen LogP contribution in [0.2, 0.25) is 0 Å². The fraction of sp³-hybridized carbons (Fsp3) is 0.545. The summed E-state index contributed by atoms with van der Waals surface area (Å²) in [5.41, 5.74) is 6.05. The highest BCUT2D eigenvalue weighted by atomic mass is 16.3. The maximum atomic E-state index is 11.5. The fourth-order valence-corrected chi connectivity index (χ4v) is 1.42. The third kappa shape index (κ3) is 3.75. The molecule has 0 fully saturated rings. The van der Waals surface area contributed by atoms with Gasteiger partial charge in [0.2, 0.25) is 0 Å². The maximum Gasteiger partial charge on any atom is 0.254 e. The second-order valence-corrected chi connectivity index (χ2v) is 3.57. The zero-order chi connectivity index (χ0) is 11.1. The van der Waals surface area contributed by atoms with Gasteiger partial charge < -0.3 is 15.5 Å². The molecule has 1 unspecified atom stereocenters. The van der Waals surface area contributed by atoms with Crippen LogP contribution in [-0.2, 0) is 0 Å². The van der Waals surface area contributed by atoms with E-state index in [0.29, 0.717) is 24.6 Å². The first-order valence-electron chi connectivity index (χ1n) is 5.28. The van der Waals surface area contributed by atoms with Crippen LogP contribution in [0.25, 0.3) is 0 Å². The van der Waals surface area contributed by atoms with Crippen molar-refractivity contribution >= 4 is 5.91 Å². The summed E-state index contributed by atoms with van der Waals surface area (Å²) < 4.78 is 4.84. The van der Waals surface area contributed by atoms with Gasteiger partial charge in [0, 0.05) is 6.54 Å². The molecule has 0 aromatic carbocycles. The minimum Gasteiger partial charge on any atom is -0.472 e. The predicted molar refractivity (Wildman–Crippen MR) is 58.5 cm³/mol. The van der Waals surface area contributed by atoms with Crippen molar-refractivity contribution in [2.75, 3.05) is 13.1 Å². The van der Waals surface area contributed by atoms with Gasteiger partial charge in [0.05, 0.1) is 11.8 Å². The molecule has 4 nitrogen and oxygen atoms in total. The summed E-state index contributed by atoms with van der Waals surface area (Å²) in [5.74, 6) is 0.380. The number of rotatable bonds is 6. The van der Waals surface area contributed by atoms with Gasteiger partial charge in [0.1, 0.15) is 6.26 Å². The third-order valence-corrected chi connectivity index (χ3v) is 2.49. The van der Waals surface area contributed by atoms with Gasteiger partial charge in [-0.1, -0.05) is 13.3 Å². The Morgan fingerprint density at radius 3 is 3.00 bits per heavy atom. The van der Waals surface area contributed by atoms with E-state index in [1.54, 1.807) is 6.07 Å². The molecule has 4 heteroatoms. The van der Waals surface area contributed by atoms with Gasteiger partial charge in [-0.05, 0) is 24.9 Å².